The summed E-state index contributed by atoms with van der Waals surface area (Å²) in [4.78, 5) is 22.2. The number of aliphatic carboxylic acids is 1. The van der Waals surface area contributed by atoms with Crippen molar-refractivity contribution in [2.75, 3.05) is 6.61 Å². The van der Waals surface area contributed by atoms with Crippen molar-refractivity contribution in [1.82, 2.24) is 10.6 Å². The molecule has 0 radical (unpaired) electrons. The number of aliphatic hydroxyl groups excluding tert-OH is 1. The minimum Gasteiger partial charge on any atom is -0.480 e. The van der Waals surface area contributed by atoms with Crippen LogP contribution in [0.1, 0.15) is 25.7 Å². The van der Waals surface area contributed by atoms with E-state index < -0.39 is 24.6 Å². The lowest BCUT2D eigenvalue weighted by Gasteiger charge is -2.19. The molecule has 0 aromatic heterocycles. The molecule has 96 valence electrons. The van der Waals surface area contributed by atoms with Gasteiger partial charge in [-0.3, -0.25) is 0 Å². The Balaban J connectivity index is 1.80. The number of amides is 2. The van der Waals surface area contributed by atoms with Crippen LogP contribution in [0.15, 0.2) is 0 Å². The van der Waals surface area contributed by atoms with Gasteiger partial charge >= 0.3 is 12.0 Å². The Morgan fingerprint density at radius 3 is 2.00 bits per heavy atom. The largest absolute Gasteiger partial charge is 0.480 e. The maximum atomic E-state index is 11.6. The summed E-state index contributed by atoms with van der Waals surface area (Å²) in [5.41, 5.74) is 0. The minimum absolute atomic E-state index is 0.183. The van der Waals surface area contributed by atoms with Crippen LogP contribution >= 0.6 is 0 Å². The third-order valence-corrected chi connectivity index (χ3v) is 3.34. The van der Waals surface area contributed by atoms with Gasteiger partial charge in [-0.2, -0.15) is 0 Å². The second-order valence-electron chi connectivity index (χ2n) is 4.89. The Hall–Kier alpha value is -1.30. The molecule has 2 amide bonds. The van der Waals surface area contributed by atoms with Gasteiger partial charge < -0.3 is 20.8 Å². The standard InChI is InChI=1S/C11H18N2O4/c14-5-8(10(15)16)12-11(17)13-9(6-1-2-6)7-3-4-7/h6-9,14H,1-5H2,(H,15,16)(H2,12,13,17)/t8-/m1/s1. The second-order valence-corrected chi connectivity index (χ2v) is 4.89. The van der Waals surface area contributed by atoms with E-state index in [1.165, 1.54) is 0 Å². The van der Waals surface area contributed by atoms with Crippen LogP contribution in [0, 0.1) is 11.8 Å². The number of carboxylic acids is 1. The monoisotopic (exact) mass is 242 g/mol. The lowest BCUT2D eigenvalue weighted by atomic mass is 10.1. The highest BCUT2D eigenvalue weighted by molar-refractivity contribution is 5.82. The van der Waals surface area contributed by atoms with E-state index >= 15 is 0 Å². The van der Waals surface area contributed by atoms with Crippen LogP contribution < -0.4 is 10.6 Å². The van der Waals surface area contributed by atoms with Crippen molar-refractivity contribution in [3.63, 3.8) is 0 Å². The van der Waals surface area contributed by atoms with Crippen LogP contribution in [0.2, 0.25) is 0 Å². The summed E-state index contributed by atoms with van der Waals surface area (Å²) in [6.45, 7) is -0.597. The van der Waals surface area contributed by atoms with E-state index in [1.54, 1.807) is 0 Å². The van der Waals surface area contributed by atoms with Crippen LogP contribution in [0.4, 0.5) is 4.79 Å². The third kappa shape index (κ3) is 3.33. The molecule has 0 bridgehead atoms. The van der Waals surface area contributed by atoms with Gasteiger partial charge in [0.2, 0.25) is 0 Å². The third-order valence-electron chi connectivity index (χ3n) is 3.34. The van der Waals surface area contributed by atoms with Gasteiger partial charge in [0, 0.05) is 6.04 Å². The van der Waals surface area contributed by atoms with Gasteiger partial charge in [-0.05, 0) is 37.5 Å². The van der Waals surface area contributed by atoms with Gasteiger partial charge in [0.1, 0.15) is 0 Å². The van der Waals surface area contributed by atoms with Crippen LogP contribution in [-0.2, 0) is 4.79 Å². The Morgan fingerprint density at radius 2 is 1.65 bits per heavy atom. The second kappa shape index (κ2) is 4.91. The topological polar surface area (TPSA) is 98.7 Å². The van der Waals surface area contributed by atoms with Gasteiger partial charge in [0.15, 0.2) is 6.04 Å². The highest BCUT2D eigenvalue weighted by atomic mass is 16.4. The van der Waals surface area contributed by atoms with Crippen LogP contribution in [0.3, 0.4) is 0 Å². The molecule has 0 aromatic rings. The molecule has 0 aliphatic heterocycles. The molecule has 0 unspecified atom stereocenters. The first-order valence-corrected chi connectivity index (χ1v) is 6.02. The molecule has 2 fully saturated rings. The SMILES string of the molecule is O=C(NC(C1CC1)C1CC1)N[C@H](CO)C(=O)O. The first-order valence-electron chi connectivity index (χ1n) is 6.02. The van der Waals surface area contributed by atoms with Gasteiger partial charge in [0.25, 0.3) is 0 Å². The van der Waals surface area contributed by atoms with Crippen LogP contribution in [-0.4, -0.2) is 40.9 Å². The van der Waals surface area contributed by atoms with E-state index in [-0.39, 0.29) is 6.04 Å². The van der Waals surface area contributed by atoms with Gasteiger partial charge in [-0.25, -0.2) is 9.59 Å². The van der Waals surface area contributed by atoms with E-state index in [1.807, 2.05) is 0 Å². The summed E-state index contributed by atoms with van der Waals surface area (Å²) in [5.74, 6) is -0.103. The van der Waals surface area contributed by atoms with Gasteiger partial charge in [-0.15, -0.1) is 0 Å². The predicted molar refractivity (Wildman–Crippen MR) is 59.4 cm³/mol. The molecule has 0 heterocycles. The normalized spacial score (nSPS) is 21.1. The van der Waals surface area contributed by atoms with Crippen molar-refractivity contribution in [3.05, 3.63) is 0 Å². The minimum atomic E-state index is -1.23. The maximum absolute atomic E-state index is 11.6. The van der Waals surface area contributed by atoms with Gasteiger partial charge in [0.05, 0.1) is 6.61 Å². The number of urea groups is 1. The molecule has 2 rings (SSSR count). The summed E-state index contributed by atoms with van der Waals surface area (Å²) in [5, 5.41) is 22.6. The number of hydrogen-bond acceptors (Lipinski definition) is 3. The fourth-order valence-corrected chi connectivity index (χ4v) is 2.07. The van der Waals surface area contributed by atoms with Crippen molar-refractivity contribution in [3.8, 4) is 0 Å². The number of hydrogen-bond donors (Lipinski definition) is 4. The lowest BCUT2D eigenvalue weighted by molar-refractivity contribution is -0.140. The Bertz CT molecular complexity index is 301. The molecule has 4 N–H and O–H groups in total. The molecule has 1 atom stereocenters. The van der Waals surface area contributed by atoms with Crippen LogP contribution in [0.5, 0.6) is 0 Å². The Morgan fingerprint density at radius 1 is 1.12 bits per heavy atom. The quantitative estimate of drug-likeness (QED) is 0.523. The molecular weight excluding hydrogens is 224 g/mol. The molecule has 2 aliphatic carbocycles. The molecule has 2 saturated carbocycles. The van der Waals surface area contributed by atoms with Crippen molar-refractivity contribution >= 4 is 12.0 Å². The molecular formula is C11H18N2O4. The maximum Gasteiger partial charge on any atom is 0.328 e. The molecule has 0 saturated heterocycles. The number of carbonyl (C=O) groups excluding carboxylic acids is 1. The van der Waals surface area contributed by atoms with E-state index in [0.29, 0.717) is 11.8 Å². The number of carboxylic acid groups (broad SMARTS) is 1. The van der Waals surface area contributed by atoms with Crippen molar-refractivity contribution in [2.45, 2.75) is 37.8 Å². The average Bonchev–Trinajstić information content (AvgIpc) is 3.16. The summed E-state index contributed by atoms with van der Waals surface area (Å²) in [7, 11) is 0. The molecule has 6 heteroatoms. The van der Waals surface area contributed by atoms with Gasteiger partial charge in [-0.1, -0.05) is 0 Å². The lowest BCUT2D eigenvalue weighted by Crippen LogP contribution is -2.51. The van der Waals surface area contributed by atoms with Crippen molar-refractivity contribution < 1.29 is 19.8 Å². The Kier molecular flexibility index (Phi) is 3.51. The predicted octanol–water partition coefficient (Wildman–Crippen LogP) is -0.0803. The summed E-state index contributed by atoms with van der Waals surface area (Å²) in [6, 6.07) is -1.53. The number of nitrogens with one attached hydrogen (secondary N) is 2. The molecule has 17 heavy (non-hydrogen) atoms. The van der Waals surface area contributed by atoms with E-state index in [0.717, 1.165) is 25.7 Å². The van der Waals surface area contributed by atoms with E-state index in [4.69, 9.17) is 10.2 Å². The fraction of sp³-hybridized carbons (Fsp3) is 0.818. The number of rotatable bonds is 6. The number of carbonyl (C=O) groups is 2. The molecule has 0 spiro atoms. The zero-order valence-electron chi connectivity index (χ0n) is 9.56. The molecule has 6 nitrogen and oxygen atoms in total. The summed E-state index contributed by atoms with van der Waals surface area (Å²) >= 11 is 0. The summed E-state index contributed by atoms with van der Waals surface area (Å²) in [6.07, 6.45) is 4.57. The zero-order chi connectivity index (χ0) is 12.4. The van der Waals surface area contributed by atoms with E-state index in [9.17, 15) is 9.59 Å². The van der Waals surface area contributed by atoms with Crippen LogP contribution in [0.25, 0.3) is 0 Å². The van der Waals surface area contributed by atoms with Crippen molar-refractivity contribution in [2.24, 2.45) is 11.8 Å². The molecule has 2 aliphatic rings. The zero-order valence-corrected chi connectivity index (χ0v) is 9.56. The highest BCUT2D eigenvalue weighted by Crippen LogP contribution is 2.44. The molecule has 0 aromatic carbocycles. The number of aliphatic hydroxyl groups is 1. The first kappa shape index (κ1) is 12.2. The smallest absolute Gasteiger partial charge is 0.328 e. The average molecular weight is 242 g/mol. The highest BCUT2D eigenvalue weighted by Gasteiger charge is 2.42. The fourth-order valence-electron chi connectivity index (χ4n) is 2.07. The summed E-state index contributed by atoms with van der Waals surface area (Å²) < 4.78 is 0. The first-order chi connectivity index (χ1) is 8.11. The van der Waals surface area contributed by atoms with Crippen molar-refractivity contribution in [1.29, 1.82) is 0 Å². The Labute approximate surface area is 99.4 Å². The van der Waals surface area contributed by atoms with E-state index in [2.05, 4.69) is 10.6 Å².